The van der Waals surface area contributed by atoms with E-state index in [0.717, 1.165) is 47.0 Å². The molecule has 0 saturated carbocycles. The Balaban J connectivity index is 1.33. The maximum Gasteiger partial charge on any atom is 0.416 e. The summed E-state index contributed by atoms with van der Waals surface area (Å²) >= 11 is 0. The molecule has 5 rings (SSSR count). The van der Waals surface area contributed by atoms with Gasteiger partial charge in [-0.05, 0) is 62.8 Å². The molecule has 0 radical (unpaired) electrons. The number of nitrogens with zero attached hydrogens (tertiary/aromatic N) is 5. The van der Waals surface area contributed by atoms with Gasteiger partial charge >= 0.3 is 12.2 Å². The van der Waals surface area contributed by atoms with Crippen molar-refractivity contribution in [1.29, 1.82) is 0 Å². The van der Waals surface area contributed by atoms with Crippen LogP contribution in [0.25, 0.3) is 22.0 Å². The van der Waals surface area contributed by atoms with Gasteiger partial charge < -0.3 is 20.4 Å². The Bertz CT molecular complexity index is 1470. The summed E-state index contributed by atoms with van der Waals surface area (Å²) in [5, 5.41) is 10.6. The number of anilines is 3. The molecule has 1 aliphatic heterocycles. The summed E-state index contributed by atoms with van der Waals surface area (Å²) < 4.78 is 42.2. The highest BCUT2D eigenvalue weighted by atomic mass is 19.4. The average Bonchev–Trinajstić information content (AvgIpc) is 3.29. The fraction of sp³-hybridized carbons (Fsp3) is 0.321. The monoisotopic (exact) mass is 537 g/mol. The van der Waals surface area contributed by atoms with E-state index in [2.05, 4.69) is 25.6 Å². The van der Waals surface area contributed by atoms with Crippen LogP contribution in [0.15, 0.2) is 61.1 Å². The number of carbonyl (C=O) groups excluding carboxylic acids is 1. The van der Waals surface area contributed by atoms with Crippen LogP contribution < -0.4 is 15.5 Å². The minimum Gasteiger partial charge on any atom is -0.370 e. The molecular formula is C28H30F3N7O. The predicted molar refractivity (Wildman–Crippen MR) is 147 cm³/mol. The molecule has 2 N–H and O–H groups in total. The van der Waals surface area contributed by atoms with Crippen molar-refractivity contribution in [3.05, 3.63) is 66.6 Å². The van der Waals surface area contributed by atoms with Gasteiger partial charge in [-0.2, -0.15) is 18.3 Å². The van der Waals surface area contributed by atoms with Crippen molar-refractivity contribution in [2.24, 2.45) is 7.05 Å². The van der Waals surface area contributed by atoms with E-state index in [1.807, 2.05) is 38.2 Å². The number of amides is 2. The van der Waals surface area contributed by atoms with Crippen LogP contribution in [0.1, 0.15) is 18.4 Å². The molecule has 0 bridgehead atoms. The molecule has 204 valence electrons. The molecule has 8 nitrogen and oxygen atoms in total. The Kier molecular flexibility index (Phi) is 7.17. The smallest absolute Gasteiger partial charge is 0.370 e. The van der Waals surface area contributed by atoms with Gasteiger partial charge in [-0.1, -0.05) is 12.1 Å². The van der Waals surface area contributed by atoms with Gasteiger partial charge in [0, 0.05) is 49.0 Å². The van der Waals surface area contributed by atoms with Crippen LogP contribution in [0.4, 0.5) is 35.0 Å². The van der Waals surface area contributed by atoms with Gasteiger partial charge in [-0.15, -0.1) is 0 Å². The Hall–Kier alpha value is -4.12. The van der Waals surface area contributed by atoms with Crippen LogP contribution in [-0.2, 0) is 13.2 Å². The third-order valence-electron chi connectivity index (χ3n) is 7.24. The zero-order valence-corrected chi connectivity index (χ0v) is 22.0. The van der Waals surface area contributed by atoms with E-state index in [4.69, 9.17) is 0 Å². The lowest BCUT2D eigenvalue weighted by atomic mass is 10.0. The van der Waals surface area contributed by atoms with Crippen LogP contribution >= 0.6 is 0 Å². The van der Waals surface area contributed by atoms with E-state index in [-0.39, 0.29) is 5.69 Å². The molecule has 0 spiro atoms. The lowest BCUT2D eigenvalue weighted by Gasteiger charge is -2.37. The number of urea groups is 1. The lowest BCUT2D eigenvalue weighted by Crippen LogP contribution is -2.42. The summed E-state index contributed by atoms with van der Waals surface area (Å²) in [6.07, 6.45) is 2.53. The van der Waals surface area contributed by atoms with Gasteiger partial charge in [0.1, 0.15) is 0 Å². The molecule has 4 aromatic rings. The second kappa shape index (κ2) is 10.6. The third-order valence-corrected chi connectivity index (χ3v) is 7.24. The number of fused-ring (bicyclic) bond motifs is 1. The third kappa shape index (κ3) is 5.68. The number of pyridine rings is 1. The van der Waals surface area contributed by atoms with Gasteiger partial charge in [0.2, 0.25) is 0 Å². The van der Waals surface area contributed by atoms with Crippen molar-refractivity contribution in [3.8, 4) is 11.1 Å². The van der Waals surface area contributed by atoms with Crippen LogP contribution in [-0.4, -0.2) is 58.9 Å². The number of piperidine rings is 1. The number of aryl methyl sites for hydroxylation is 1. The van der Waals surface area contributed by atoms with Crippen molar-refractivity contribution in [3.63, 3.8) is 0 Å². The summed E-state index contributed by atoms with van der Waals surface area (Å²) in [6.45, 7) is 1.37. The number of hydrogen-bond acceptors (Lipinski definition) is 5. The van der Waals surface area contributed by atoms with Gasteiger partial charge in [-0.3, -0.25) is 9.67 Å². The van der Waals surface area contributed by atoms with Gasteiger partial charge in [-0.25, -0.2) is 4.79 Å². The first-order valence-electron chi connectivity index (χ1n) is 12.7. The van der Waals surface area contributed by atoms with Gasteiger partial charge in [0.15, 0.2) is 0 Å². The van der Waals surface area contributed by atoms with Crippen LogP contribution in [0, 0.1) is 0 Å². The maximum atomic E-state index is 13.5. The first-order valence-corrected chi connectivity index (χ1v) is 12.7. The Morgan fingerprint density at radius 3 is 2.38 bits per heavy atom. The Morgan fingerprint density at radius 2 is 1.72 bits per heavy atom. The number of halogens is 3. The van der Waals surface area contributed by atoms with Gasteiger partial charge in [0.25, 0.3) is 0 Å². The van der Waals surface area contributed by atoms with E-state index in [9.17, 15) is 18.0 Å². The SMILES string of the molecule is CN(C)C1CCN(c2ccc(C(F)(F)F)cc2NC(=O)Nc2ccc(-c3cncc4c3cnn4C)cc2)CC1. The molecule has 2 amide bonds. The highest BCUT2D eigenvalue weighted by molar-refractivity contribution is 6.02. The molecular weight excluding hydrogens is 507 g/mol. The topological polar surface area (TPSA) is 78.3 Å². The summed E-state index contributed by atoms with van der Waals surface area (Å²) in [6, 6.07) is 10.5. The summed E-state index contributed by atoms with van der Waals surface area (Å²) in [4.78, 5) is 21.4. The Morgan fingerprint density at radius 1 is 1.00 bits per heavy atom. The number of rotatable bonds is 5. The van der Waals surface area contributed by atoms with Gasteiger partial charge in [0.05, 0.1) is 34.8 Å². The molecule has 2 aromatic heterocycles. The molecule has 2 aromatic carbocycles. The second-order valence-electron chi connectivity index (χ2n) is 9.96. The van der Waals surface area contributed by atoms with Crippen molar-refractivity contribution < 1.29 is 18.0 Å². The average molecular weight is 538 g/mol. The molecule has 1 aliphatic rings. The van der Waals surface area contributed by atoms with Crippen molar-refractivity contribution >= 4 is 34.0 Å². The molecule has 11 heteroatoms. The quantitative estimate of drug-likeness (QED) is 0.335. The molecule has 0 unspecified atom stereocenters. The van der Waals surface area contributed by atoms with Crippen molar-refractivity contribution in [2.75, 3.05) is 42.7 Å². The zero-order valence-electron chi connectivity index (χ0n) is 22.0. The van der Waals surface area contributed by atoms with Crippen molar-refractivity contribution in [2.45, 2.75) is 25.1 Å². The molecule has 0 atom stereocenters. The standard InChI is InChI=1S/C28H30F3N7O/c1-36(2)21-10-12-38(13-11-21)25-9-6-19(28(29,30)31)14-24(25)35-27(39)34-20-7-4-18(5-8-20)22-15-32-17-26-23(22)16-33-37(26)3/h4-9,14-17,21H,10-13H2,1-3H3,(H2,34,35,39). The minimum atomic E-state index is -4.52. The number of aromatic nitrogens is 3. The fourth-order valence-electron chi connectivity index (χ4n) is 5.02. The van der Waals surface area contributed by atoms with E-state index in [1.165, 1.54) is 6.07 Å². The summed E-state index contributed by atoms with van der Waals surface area (Å²) in [5.74, 6) is 0. The Labute approximate surface area is 224 Å². The molecule has 3 heterocycles. The zero-order chi connectivity index (χ0) is 27.7. The van der Waals surface area contributed by atoms with E-state index in [0.29, 0.717) is 30.5 Å². The second-order valence-corrected chi connectivity index (χ2v) is 9.96. The first kappa shape index (κ1) is 26.5. The van der Waals surface area contributed by atoms with Crippen LogP contribution in [0.3, 0.4) is 0 Å². The molecule has 1 saturated heterocycles. The molecule has 39 heavy (non-hydrogen) atoms. The number of hydrogen-bond donors (Lipinski definition) is 2. The van der Waals surface area contributed by atoms with E-state index < -0.39 is 17.8 Å². The highest BCUT2D eigenvalue weighted by Gasteiger charge is 2.32. The molecule has 0 aliphatic carbocycles. The van der Waals surface area contributed by atoms with Crippen molar-refractivity contribution in [1.82, 2.24) is 19.7 Å². The highest BCUT2D eigenvalue weighted by Crippen LogP contribution is 2.37. The van der Waals surface area contributed by atoms with Crippen LogP contribution in [0.5, 0.6) is 0 Å². The number of carbonyl (C=O) groups is 1. The fourth-order valence-corrected chi connectivity index (χ4v) is 5.02. The van der Waals surface area contributed by atoms with E-state index >= 15 is 0 Å². The first-order chi connectivity index (χ1) is 18.6. The predicted octanol–water partition coefficient (Wildman–Crippen LogP) is 5.83. The number of benzene rings is 2. The molecule has 1 fully saturated rings. The lowest BCUT2D eigenvalue weighted by molar-refractivity contribution is -0.137. The number of alkyl halides is 3. The minimum absolute atomic E-state index is 0.122. The van der Waals surface area contributed by atoms with Crippen LogP contribution in [0.2, 0.25) is 0 Å². The summed E-state index contributed by atoms with van der Waals surface area (Å²) in [5.41, 5.74) is 3.09. The van der Waals surface area contributed by atoms with E-state index in [1.54, 1.807) is 35.4 Å². The number of nitrogens with one attached hydrogen (secondary N) is 2. The summed E-state index contributed by atoms with van der Waals surface area (Å²) in [7, 11) is 5.90. The normalized spacial score (nSPS) is 14.7. The largest absolute Gasteiger partial charge is 0.416 e. The maximum absolute atomic E-state index is 13.5.